The van der Waals surface area contributed by atoms with E-state index in [-0.39, 0.29) is 11.8 Å². The Morgan fingerprint density at radius 1 is 0.767 bits per heavy atom. The number of nitrogens with zero attached hydrogens (tertiary/aromatic N) is 1. The highest BCUT2D eigenvalue weighted by atomic mass is 16.5. The van der Waals surface area contributed by atoms with Gasteiger partial charge in [0.25, 0.3) is 11.8 Å². The molecule has 0 aliphatic heterocycles. The molecule has 0 fully saturated rings. The van der Waals surface area contributed by atoms with Gasteiger partial charge in [0.2, 0.25) is 0 Å². The number of ether oxygens (including phenoxy) is 2. The zero-order chi connectivity index (χ0) is 21.3. The van der Waals surface area contributed by atoms with E-state index in [1.807, 2.05) is 30.3 Å². The zero-order valence-corrected chi connectivity index (χ0v) is 17.0. The average molecular weight is 404 g/mol. The second kappa shape index (κ2) is 10.1. The molecule has 0 atom stereocenters. The van der Waals surface area contributed by atoms with Crippen molar-refractivity contribution in [1.29, 1.82) is 0 Å². The first-order chi connectivity index (χ1) is 14.5. The Balaban J connectivity index is 1.51. The fourth-order valence-corrected chi connectivity index (χ4v) is 2.73. The zero-order valence-electron chi connectivity index (χ0n) is 17.0. The fraction of sp³-hybridized carbons (Fsp3) is 0.167. The molecule has 0 aliphatic rings. The summed E-state index contributed by atoms with van der Waals surface area (Å²) in [6.07, 6.45) is 0. The van der Waals surface area contributed by atoms with E-state index < -0.39 is 0 Å². The second-order valence-corrected chi connectivity index (χ2v) is 6.77. The van der Waals surface area contributed by atoms with Gasteiger partial charge < -0.3 is 19.7 Å². The van der Waals surface area contributed by atoms with E-state index in [0.717, 1.165) is 5.75 Å². The highest BCUT2D eigenvalue weighted by Crippen LogP contribution is 2.16. The summed E-state index contributed by atoms with van der Waals surface area (Å²) in [5.74, 6) is 1.07. The minimum absolute atomic E-state index is 0.121. The molecule has 0 saturated carbocycles. The molecule has 3 aromatic carbocycles. The fourth-order valence-electron chi connectivity index (χ4n) is 2.73. The third-order valence-electron chi connectivity index (χ3n) is 4.25. The molecule has 6 heteroatoms. The van der Waals surface area contributed by atoms with Gasteiger partial charge >= 0.3 is 0 Å². The summed E-state index contributed by atoms with van der Waals surface area (Å²) < 4.78 is 11.2. The number of benzene rings is 3. The normalized spacial score (nSPS) is 10.2. The van der Waals surface area contributed by atoms with Crippen LogP contribution in [0.15, 0.2) is 78.9 Å². The number of hydrogen-bond acceptors (Lipinski definition) is 4. The van der Waals surface area contributed by atoms with E-state index >= 15 is 0 Å². The maximum atomic E-state index is 12.5. The average Bonchev–Trinajstić information content (AvgIpc) is 2.77. The molecule has 0 heterocycles. The number of hydrogen-bond donors (Lipinski definition) is 1. The van der Waals surface area contributed by atoms with Crippen molar-refractivity contribution in [1.82, 2.24) is 4.90 Å². The third-order valence-corrected chi connectivity index (χ3v) is 4.25. The van der Waals surface area contributed by atoms with Crippen LogP contribution in [0.25, 0.3) is 0 Å². The monoisotopic (exact) mass is 404 g/mol. The van der Waals surface area contributed by atoms with Crippen LogP contribution in [-0.2, 0) is 0 Å². The number of carbonyl (C=O) groups is 2. The van der Waals surface area contributed by atoms with E-state index in [4.69, 9.17) is 9.47 Å². The standard InChI is InChI=1S/C24H24N2O4/c1-26(2)24(28)19-7-6-8-20(17-19)25-23(27)18-11-13-22(14-12-18)30-16-15-29-21-9-4-3-5-10-21/h3-14,17H,15-16H2,1-2H3,(H,25,27). The number of rotatable bonds is 8. The molecule has 3 rings (SSSR count). The molecule has 154 valence electrons. The molecule has 0 aliphatic carbocycles. The van der Waals surface area contributed by atoms with E-state index in [1.54, 1.807) is 62.6 Å². The topological polar surface area (TPSA) is 67.9 Å². The van der Waals surface area contributed by atoms with E-state index in [9.17, 15) is 9.59 Å². The predicted molar refractivity (Wildman–Crippen MR) is 116 cm³/mol. The molecule has 3 aromatic rings. The predicted octanol–water partition coefficient (Wildman–Crippen LogP) is 4.10. The summed E-state index contributed by atoms with van der Waals surface area (Å²) in [6.45, 7) is 0.821. The van der Waals surface area contributed by atoms with Crippen molar-refractivity contribution in [2.75, 3.05) is 32.6 Å². The van der Waals surface area contributed by atoms with Gasteiger partial charge in [0.1, 0.15) is 24.7 Å². The second-order valence-electron chi connectivity index (χ2n) is 6.77. The molecule has 0 spiro atoms. The lowest BCUT2D eigenvalue weighted by molar-refractivity contribution is 0.0827. The van der Waals surface area contributed by atoms with Crippen molar-refractivity contribution < 1.29 is 19.1 Å². The van der Waals surface area contributed by atoms with Crippen LogP contribution in [-0.4, -0.2) is 44.0 Å². The van der Waals surface area contributed by atoms with Crippen molar-refractivity contribution in [3.63, 3.8) is 0 Å². The summed E-state index contributed by atoms with van der Waals surface area (Å²) in [5.41, 5.74) is 1.57. The van der Waals surface area contributed by atoms with Gasteiger partial charge in [-0.3, -0.25) is 9.59 Å². The molecule has 6 nitrogen and oxygen atoms in total. The number of nitrogens with one attached hydrogen (secondary N) is 1. The van der Waals surface area contributed by atoms with Crippen LogP contribution in [0.2, 0.25) is 0 Å². The largest absolute Gasteiger partial charge is 0.490 e. The van der Waals surface area contributed by atoms with Crippen LogP contribution in [0.1, 0.15) is 20.7 Å². The van der Waals surface area contributed by atoms with Gasteiger partial charge in [-0.15, -0.1) is 0 Å². The summed E-state index contributed by atoms with van der Waals surface area (Å²) >= 11 is 0. The maximum Gasteiger partial charge on any atom is 0.255 e. The molecule has 30 heavy (non-hydrogen) atoms. The maximum absolute atomic E-state index is 12.5. The molecular formula is C24H24N2O4. The lowest BCUT2D eigenvalue weighted by Crippen LogP contribution is -2.21. The summed E-state index contributed by atoms with van der Waals surface area (Å²) in [6, 6.07) is 23.3. The summed E-state index contributed by atoms with van der Waals surface area (Å²) in [5, 5.41) is 2.81. The molecule has 0 bridgehead atoms. The molecular weight excluding hydrogens is 380 g/mol. The summed E-state index contributed by atoms with van der Waals surface area (Å²) in [7, 11) is 3.37. The number of anilines is 1. The highest BCUT2D eigenvalue weighted by molar-refractivity contribution is 6.05. The Kier molecular flexibility index (Phi) is 7.05. The summed E-state index contributed by atoms with van der Waals surface area (Å²) in [4.78, 5) is 26.1. The van der Waals surface area contributed by atoms with Crippen molar-refractivity contribution in [3.05, 3.63) is 90.0 Å². The minimum atomic E-state index is -0.261. The van der Waals surface area contributed by atoms with Crippen molar-refractivity contribution in [2.24, 2.45) is 0 Å². The van der Waals surface area contributed by atoms with E-state index in [0.29, 0.717) is 35.8 Å². The Bertz CT molecular complexity index is 986. The van der Waals surface area contributed by atoms with Crippen LogP contribution < -0.4 is 14.8 Å². The molecule has 0 saturated heterocycles. The first kappa shape index (κ1) is 20.9. The lowest BCUT2D eigenvalue weighted by Gasteiger charge is -2.12. The molecule has 0 radical (unpaired) electrons. The number of para-hydroxylation sites is 1. The van der Waals surface area contributed by atoms with Crippen molar-refractivity contribution >= 4 is 17.5 Å². The smallest absolute Gasteiger partial charge is 0.255 e. The highest BCUT2D eigenvalue weighted by Gasteiger charge is 2.11. The first-order valence-corrected chi connectivity index (χ1v) is 9.57. The van der Waals surface area contributed by atoms with E-state index in [2.05, 4.69) is 5.32 Å². The van der Waals surface area contributed by atoms with Gasteiger partial charge in [-0.05, 0) is 54.6 Å². The van der Waals surface area contributed by atoms with E-state index in [1.165, 1.54) is 4.90 Å². The molecule has 1 N–H and O–H groups in total. The van der Waals surface area contributed by atoms with Gasteiger partial charge in [-0.1, -0.05) is 24.3 Å². The quantitative estimate of drug-likeness (QED) is 0.574. The van der Waals surface area contributed by atoms with Crippen LogP contribution >= 0.6 is 0 Å². The van der Waals surface area contributed by atoms with Gasteiger partial charge in [0, 0.05) is 30.9 Å². The molecule has 0 unspecified atom stereocenters. The van der Waals surface area contributed by atoms with Crippen LogP contribution in [0, 0.1) is 0 Å². The molecule has 0 aromatic heterocycles. The Hall–Kier alpha value is -3.80. The van der Waals surface area contributed by atoms with Gasteiger partial charge in [-0.25, -0.2) is 0 Å². The number of amides is 2. The number of carbonyl (C=O) groups excluding carboxylic acids is 2. The van der Waals surface area contributed by atoms with Crippen molar-refractivity contribution in [2.45, 2.75) is 0 Å². The van der Waals surface area contributed by atoms with Gasteiger partial charge in [0.15, 0.2) is 0 Å². The van der Waals surface area contributed by atoms with Crippen LogP contribution in [0.3, 0.4) is 0 Å². The van der Waals surface area contributed by atoms with Crippen LogP contribution in [0.4, 0.5) is 5.69 Å². The first-order valence-electron chi connectivity index (χ1n) is 9.57. The molecule has 2 amide bonds. The lowest BCUT2D eigenvalue weighted by atomic mass is 10.1. The third kappa shape index (κ3) is 5.85. The Morgan fingerprint density at radius 3 is 2.03 bits per heavy atom. The van der Waals surface area contributed by atoms with Gasteiger partial charge in [-0.2, -0.15) is 0 Å². The van der Waals surface area contributed by atoms with Gasteiger partial charge in [0.05, 0.1) is 0 Å². The minimum Gasteiger partial charge on any atom is -0.490 e. The van der Waals surface area contributed by atoms with Crippen molar-refractivity contribution in [3.8, 4) is 11.5 Å². The Morgan fingerprint density at radius 2 is 1.40 bits per heavy atom. The SMILES string of the molecule is CN(C)C(=O)c1cccc(NC(=O)c2ccc(OCCOc3ccccc3)cc2)c1. The Labute approximate surface area is 176 Å². The van der Waals surface area contributed by atoms with Crippen LogP contribution in [0.5, 0.6) is 11.5 Å².